The van der Waals surface area contributed by atoms with E-state index in [1.807, 2.05) is 0 Å². The summed E-state index contributed by atoms with van der Waals surface area (Å²) in [5, 5.41) is 2.11. The van der Waals surface area contributed by atoms with Crippen LogP contribution in [0.2, 0.25) is 0 Å². The summed E-state index contributed by atoms with van der Waals surface area (Å²) in [6.45, 7) is 1.53. The van der Waals surface area contributed by atoms with Gasteiger partial charge in [-0.2, -0.15) is 13.2 Å². The van der Waals surface area contributed by atoms with Crippen LogP contribution in [0.25, 0.3) is 0 Å². The van der Waals surface area contributed by atoms with Crippen molar-refractivity contribution in [3.63, 3.8) is 0 Å². The summed E-state index contributed by atoms with van der Waals surface area (Å²) < 4.78 is 48.5. The van der Waals surface area contributed by atoms with Crippen molar-refractivity contribution >= 4 is 23.2 Å². The quantitative estimate of drug-likeness (QED) is 0.771. The molecule has 1 unspecified atom stereocenters. The molecule has 0 aliphatic heterocycles. The fourth-order valence-corrected chi connectivity index (χ4v) is 2.02. The first kappa shape index (κ1) is 19.5. The van der Waals surface area contributed by atoms with E-state index in [-0.39, 0.29) is 10.9 Å². The second-order valence-electron chi connectivity index (χ2n) is 5.21. The molecule has 138 valence electrons. The largest absolute Gasteiger partial charge is 0.481 e. The molecular formula is C17H15F3N2O3S. The highest BCUT2D eigenvalue weighted by Crippen LogP contribution is 2.31. The van der Waals surface area contributed by atoms with Crippen molar-refractivity contribution in [2.75, 3.05) is 0 Å². The van der Waals surface area contributed by atoms with E-state index in [1.54, 1.807) is 24.3 Å². The molecule has 0 saturated heterocycles. The Labute approximate surface area is 152 Å². The summed E-state index contributed by atoms with van der Waals surface area (Å²) in [5.74, 6) is 0.575. The van der Waals surface area contributed by atoms with Gasteiger partial charge in [-0.1, -0.05) is 0 Å². The highest BCUT2D eigenvalue weighted by atomic mass is 32.1. The highest BCUT2D eigenvalue weighted by Gasteiger charge is 2.30. The average molecular weight is 384 g/mol. The molecule has 9 heteroatoms. The van der Waals surface area contributed by atoms with Crippen molar-refractivity contribution in [2.45, 2.75) is 19.2 Å². The van der Waals surface area contributed by atoms with Gasteiger partial charge in [0, 0.05) is 0 Å². The molecule has 0 radical (unpaired) electrons. The summed E-state index contributed by atoms with van der Waals surface area (Å²) in [6, 6.07) is 10.6. The van der Waals surface area contributed by atoms with Gasteiger partial charge in [-0.15, -0.1) is 0 Å². The molecule has 0 aliphatic rings. The molecule has 2 aromatic carbocycles. The zero-order valence-electron chi connectivity index (χ0n) is 13.5. The first-order valence-corrected chi connectivity index (χ1v) is 7.78. The fourth-order valence-electron chi connectivity index (χ4n) is 1.91. The number of amides is 1. The minimum Gasteiger partial charge on any atom is -0.481 e. The van der Waals surface area contributed by atoms with Gasteiger partial charge >= 0.3 is 6.18 Å². The molecule has 0 spiro atoms. The molecule has 0 bridgehead atoms. The van der Waals surface area contributed by atoms with Crippen LogP contribution in [0.1, 0.15) is 12.5 Å². The van der Waals surface area contributed by atoms with Gasteiger partial charge in [-0.05, 0) is 67.7 Å². The van der Waals surface area contributed by atoms with Crippen LogP contribution < -0.4 is 20.5 Å². The van der Waals surface area contributed by atoms with Gasteiger partial charge in [-0.3, -0.25) is 4.79 Å². The number of rotatable bonds is 5. The molecule has 0 aliphatic carbocycles. The van der Waals surface area contributed by atoms with E-state index in [0.29, 0.717) is 11.5 Å². The number of nitrogens with one attached hydrogen (secondary N) is 1. The Kier molecular flexibility index (Phi) is 6.04. The van der Waals surface area contributed by atoms with Gasteiger partial charge in [-0.25, -0.2) is 0 Å². The summed E-state index contributed by atoms with van der Waals surface area (Å²) in [5.41, 5.74) is 4.46. The lowest BCUT2D eigenvalue weighted by molar-refractivity contribution is -0.137. The van der Waals surface area contributed by atoms with Crippen LogP contribution in [0.3, 0.4) is 0 Å². The third-order valence-corrected chi connectivity index (χ3v) is 3.27. The molecule has 1 atom stereocenters. The molecule has 0 aromatic heterocycles. The van der Waals surface area contributed by atoms with Crippen molar-refractivity contribution in [1.29, 1.82) is 0 Å². The Morgan fingerprint density at radius 1 is 1.04 bits per heavy atom. The molecule has 2 aromatic rings. The first-order valence-electron chi connectivity index (χ1n) is 7.37. The second-order valence-corrected chi connectivity index (χ2v) is 5.65. The van der Waals surface area contributed by atoms with Gasteiger partial charge < -0.3 is 20.5 Å². The molecule has 3 N–H and O–H groups in total. The van der Waals surface area contributed by atoms with E-state index < -0.39 is 23.8 Å². The number of ether oxygens (including phenoxy) is 2. The maximum atomic E-state index is 12.5. The Balaban J connectivity index is 1.97. The monoisotopic (exact) mass is 384 g/mol. The number of hydrogen-bond donors (Lipinski definition) is 2. The summed E-state index contributed by atoms with van der Waals surface area (Å²) >= 11 is 4.57. The summed E-state index contributed by atoms with van der Waals surface area (Å²) in [7, 11) is 0. The predicted octanol–water partition coefficient (Wildman–Crippen LogP) is 3.62. The lowest BCUT2D eigenvalue weighted by Gasteiger charge is -2.14. The molecule has 0 heterocycles. The topological polar surface area (TPSA) is 73.6 Å². The first-order chi connectivity index (χ1) is 12.1. The van der Waals surface area contributed by atoms with E-state index in [1.165, 1.54) is 19.1 Å². The number of hydrogen-bond acceptors (Lipinski definition) is 4. The maximum Gasteiger partial charge on any atom is 0.416 e. The smallest absolute Gasteiger partial charge is 0.416 e. The van der Waals surface area contributed by atoms with E-state index >= 15 is 0 Å². The van der Waals surface area contributed by atoms with Crippen molar-refractivity contribution in [1.82, 2.24) is 5.32 Å². The number of thiocarbonyl (C=S) groups is 1. The number of carbonyl (C=O) groups excluding carboxylic acids is 1. The lowest BCUT2D eigenvalue weighted by atomic mass is 10.2. The lowest BCUT2D eigenvalue weighted by Crippen LogP contribution is -2.42. The van der Waals surface area contributed by atoms with Gasteiger partial charge in [0.15, 0.2) is 11.2 Å². The van der Waals surface area contributed by atoms with Gasteiger partial charge in [0.2, 0.25) is 0 Å². The zero-order chi connectivity index (χ0) is 19.3. The van der Waals surface area contributed by atoms with Crippen LogP contribution in [0.15, 0.2) is 48.5 Å². The third kappa shape index (κ3) is 5.62. The zero-order valence-corrected chi connectivity index (χ0v) is 14.4. The molecular weight excluding hydrogens is 369 g/mol. The number of halogens is 3. The molecule has 0 saturated carbocycles. The molecule has 0 fully saturated rings. The highest BCUT2D eigenvalue weighted by molar-refractivity contribution is 7.80. The van der Waals surface area contributed by atoms with Crippen molar-refractivity contribution in [3.05, 3.63) is 54.1 Å². The maximum absolute atomic E-state index is 12.5. The number of carbonyl (C=O) groups is 1. The van der Waals surface area contributed by atoms with Crippen molar-refractivity contribution in [3.8, 4) is 17.2 Å². The summed E-state index contributed by atoms with van der Waals surface area (Å²) in [6.07, 6.45) is -5.22. The van der Waals surface area contributed by atoms with Gasteiger partial charge in [0.1, 0.15) is 17.2 Å². The predicted molar refractivity (Wildman–Crippen MR) is 93.0 cm³/mol. The Bertz CT molecular complexity index is 777. The SMILES string of the molecule is CC(Oc1ccc(Oc2ccc(C(F)(F)F)cc2)cc1)C(=O)NC(N)=S. The van der Waals surface area contributed by atoms with Crippen LogP contribution in [-0.4, -0.2) is 17.1 Å². The number of nitrogens with two attached hydrogens (primary N) is 1. The van der Waals surface area contributed by atoms with E-state index in [2.05, 4.69) is 17.5 Å². The standard InChI is InChI=1S/C17H15F3N2O3S/c1-10(15(23)22-16(21)26)24-12-6-8-14(9-7-12)25-13-4-2-11(3-5-13)17(18,19)20/h2-10H,1H3,(H3,21,22,23,26). The van der Waals surface area contributed by atoms with E-state index in [4.69, 9.17) is 15.2 Å². The van der Waals surface area contributed by atoms with Gasteiger partial charge in [0.25, 0.3) is 5.91 Å². The fraction of sp³-hybridized carbons (Fsp3) is 0.176. The van der Waals surface area contributed by atoms with Gasteiger partial charge in [0.05, 0.1) is 5.56 Å². The van der Waals surface area contributed by atoms with Crippen molar-refractivity contribution < 1.29 is 27.4 Å². The Morgan fingerprint density at radius 2 is 1.50 bits per heavy atom. The number of benzene rings is 2. The second kappa shape index (κ2) is 8.05. The minimum atomic E-state index is -4.39. The summed E-state index contributed by atoms with van der Waals surface area (Å²) in [4.78, 5) is 11.7. The molecule has 2 rings (SSSR count). The average Bonchev–Trinajstić information content (AvgIpc) is 2.55. The third-order valence-electron chi connectivity index (χ3n) is 3.17. The molecule has 1 amide bonds. The normalized spacial score (nSPS) is 12.2. The number of alkyl halides is 3. The van der Waals surface area contributed by atoms with Crippen LogP contribution in [0.4, 0.5) is 13.2 Å². The van der Waals surface area contributed by atoms with E-state index in [9.17, 15) is 18.0 Å². The van der Waals surface area contributed by atoms with Crippen LogP contribution in [0.5, 0.6) is 17.2 Å². The van der Waals surface area contributed by atoms with E-state index in [0.717, 1.165) is 12.1 Å². The Morgan fingerprint density at radius 3 is 1.96 bits per heavy atom. The van der Waals surface area contributed by atoms with Crippen LogP contribution >= 0.6 is 12.2 Å². The molecule has 26 heavy (non-hydrogen) atoms. The van der Waals surface area contributed by atoms with Crippen molar-refractivity contribution in [2.24, 2.45) is 5.73 Å². The Hall–Kier alpha value is -2.81. The van der Waals surface area contributed by atoms with Crippen LogP contribution in [-0.2, 0) is 11.0 Å². The van der Waals surface area contributed by atoms with Crippen LogP contribution in [0, 0.1) is 0 Å². The minimum absolute atomic E-state index is 0.147. The molecule has 5 nitrogen and oxygen atoms in total.